The number of hydrogen-bond acceptors (Lipinski definition) is 7. The second kappa shape index (κ2) is 10.7. The smallest absolute Gasteiger partial charge is 0.194 e. The number of rotatable bonds is 8. The van der Waals surface area contributed by atoms with E-state index in [4.69, 9.17) is 23.7 Å². The minimum absolute atomic E-state index is 0.477. The van der Waals surface area contributed by atoms with Crippen LogP contribution in [0, 0.1) is 0 Å². The van der Waals surface area contributed by atoms with Crippen molar-refractivity contribution in [2.24, 2.45) is 4.99 Å². The zero-order chi connectivity index (χ0) is 21.3. The number of nitrogens with zero attached hydrogens (tertiary/aromatic N) is 4. The predicted octanol–water partition coefficient (Wildman–Crippen LogP) is 1.98. The first-order chi connectivity index (χ1) is 14.7. The maximum absolute atomic E-state index is 5.53. The average molecular weight is 418 g/mol. The number of aliphatic imine (C=N–C) groups is 1. The molecule has 2 heterocycles. The number of guanidine groups is 1. The summed E-state index contributed by atoms with van der Waals surface area (Å²) in [6, 6.07) is 5.66. The van der Waals surface area contributed by atoms with Crippen molar-refractivity contribution in [3.05, 3.63) is 35.7 Å². The minimum Gasteiger partial charge on any atom is -0.496 e. The molecule has 0 atom stereocenters. The Morgan fingerprint density at radius 2 is 1.77 bits per heavy atom. The second-order valence-corrected chi connectivity index (χ2v) is 6.94. The highest BCUT2D eigenvalue weighted by atomic mass is 16.5. The number of ether oxygens (including phenoxy) is 3. The van der Waals surface area contributed by atoms with Gasteiger partial charge in [0.2, 0.25) is 0 Å². The van der Waals surface area contributed by atoms with E-state index in [9.17, 15) is 0 Å². The Kier molecular flexibility index (Phi) is 7.78. The lowest BCUT2D eigenvalue weighted by atomic mass is 10.1. The van der Waals surface area contributed by atoms with Gasteiger partial charge in [0.1, 0.15) is 12.0 Å². The monoisotopic (exact) mass is 417 g/mol. The lowest BCUT2D eigenvalue weighted by molar-refractivity contribution is 0.169. The summed E-state index contributed by atoms with van der Waals surface area (Å²) in [6.45, 7) is 7.84. The van der Waals surface area contributed by atoms with Crippen LogP contribution in [0.5, 0.6) is 17.2 Å². The fourth-order valence-electron chi connectivity index (χ4n) is 3.47. The van der Waals surface area contributed by atoms with Gasteiger partial charge in [0.05, 0.1) is 33.6 Å². The van der Waals surface area contributed by atoms with Gasteiger partial charge in [-0.2, -0.15) is 0 Å². The number of aromatic nitrogens is 1. The summed E-state index contributed by atoms with van der Waals surface area (Å²) in [4.78, 5) is 9.51. The number of methoxy groups -OCH3 is 3. The van der Waals surface area contributed by atoms with Gasteiger partial charge in [-0.1, -0.05) is 5.16 Å². The van der Waals surface area contributed by atoms with E-state index in [1.54, 1.807) is 27.6 Å². The molecule has 1 aromatic carbocycles. The third-order valence-electron chi connectivity index (χ3n) is 5.07. The first-order valence-electron chi connectivity index (χ1n) is 10.1. The zero-order valence-electron chi connectivity index (χ0n) is 18.2. The summed E-state index contributed by atoms with van der Waals surface area (Å²) in [5.74, 6) is 2.92. The molecule has 0 amide bonds. The van der Waals surface area contributed by atoms with E-state index in [0.29, 0.717) is 18.0 Å². The number of hydrogen-bond donors (Lipinski definition) is 1. The van der Waals surface area contributed by atoms with E-state index in [2.05, 4.69) is 27.2 Å². The highest BCUT2D eigenvalue weighted by Gasteiger charge is 2.20. The van der Waals surface area contributed by atoms with Crippen LogP contribution in [-0.4, -0.2) is 75.0 Å². The lowest BCUT2D eigenvalue weighted by Gasteiger charge is -2.36. The first-order valence-corrected chi connectivity index (χ1v) is 10.1. The molecule has 164 valence electrons. The van der Waals surface area contributed by atoms with E-state index in [0.717, 1.165) is 62.2 Å². The van der Waals surface area contributed by atoms with Crippen molar-refractivity contribution in [2.75, 3.05) is 54.1 Å². The van der Waals surface area contributed by atoms with Crippen LogP contribution in [0.3, 0.4) is 0 Å². The number of piperazine rings is 1. The Morgan fingerprint density at radius 3 is 2.37 bits per heavy atom. The van der Waals surface area contributed by atoms with E-state index < -0.39 is 0 Å². The molecule has 9 nitrogen and oxygen atoms in total. The van der Waals surface area contributed by atoms with Gasteiger partial charge >= 0.3 is 0 Å². The Labute approximate surface area is 177 Å². The van der Waals surface area contributed by atoms with Crippen LogP contribution in [0.1, 0.15) is 18.2 Å². The van der Waals surface area contributed by atoms with Gasteiger partial charge in [-0.25, -0.2) is 4.99 Å². The summed E-state index contributed by atoms with van der Waals surface area (Å²) < 4.78 is 21.3. The summed E-state index contributed by atoms with van der Waals surface area (Å²) >= 11 is 0. The fraction of sp³-hybridized carbons (Fsp3) is 0.524. The van der Waals surface area contributed by atoms with Gasteiger partial charge in [-0.3, -0.25) is 4.90 Å². The Hall–Kier alpha value is -2.94. The third-order valence-corrected chi connectivity index (χ3v) is 5.07. The van der Waals surface area contributed by atoms with E-state index in [1.807, 2.05) is 18.2 Å². The van der Waals surface area contributed by atoms with E-state index >= 15 is 0 Å². The molecule has 1 fully saturated rings. The Bertz CT molecular complexity index is 817. The summed E-state index contributed by atoms with van der Waals surface area (Å²) in [7, 11) is 4.88. The molecule has 2 aromatic rings. The maximum atomic E-state index is 5.53. The van der Waals surface area contributed by atoms with Gasteiger partial charge in [0.25, 0.3) is 0 Å². The molecule has 0 spiro atoms. The molecule has 1 aliphatic heterocycles. The summed E-state index contributed by atoms with van der Waals surface area (Å²) in [6.07, 6.45) is 1.62. The van der Waals surface area contributed by atoms with Gasteiger partial charge in [0.15, 0.2) is 17.5 Å². The van der Waals surface area contributed by atoms with Crippen molar-refractivity contribution < 1.29 is 18.7 Å². The van der Waals surface area contributed by atoms with Crippen molar-refractivity contribution in [3.8, 4) is 17.2 Å². The molecule has 3 rings (SSSR count). The highest BCUT2D eigenvalue weighted by molar-refractivity contribution is 5.80. The van der Waals surface area contributed by atoms with Gasteiger partial charge in [0, 0.05) is 57.0 Å². The van der Waals surface area contributed by atoms with E-state index in [-0.39, 0.29) is 0 Å². The highest BCUT2D eigenvalue weighted by Crippen LogP contribution is 2.34. The van der Waals surface area contributed by atoms with Crippen LogP contribution in [0.2, 0.25) is 0 Å². The van der Waals surface area contributed by atoms with Crippen LogP contribution in [0.4, 0.5) is 0 Å². The Balaban J connectivity index is 1.68. The molecule has 0 saturated carbocycles. The molecule has 0 unspecified atom stereocenters. The van der Waals surface area contributed by atoms with Crippen molar-refractivity contribution in [3.63, 3.8) is 0 Å². The normalized spacial score (nSPS) is 15.2. The standard InChI is InChI=1S/C21H31N5O4/c1-5-22-21(26-9-7-25(8-10-26)15-17-6-11-30-24-17)23-14-16-12-19(28-3)20(29-4)13-18(16)27-2/h6,11-13H,5,7-10,14-15H2,1-4H3,(H,22,23). The molecule has 30 heavy (non-hydrogen) atoms. The van der Waals surface area contributed by atoms with Crippen LogP contribution in [0.25, 0.3) is 0 Å². The number of benzene rings is 1. The van der Waals surface area contributed by atoms with E-state index in [1.165, 1.54) is 0 Å². The van der Waals surface area contributed by atoms with Crippen LogP contribution in [0.15, 0.2) is 34.0 Å². The topological polar surface area (TPSA) is 84.6 Å². The molecule has 1 saturated heterocycles. The summed E-state index contributed by atoms with van der Waals surface area (Å²) in [5, 5.41) is 7.41. The van der Waals surface area contributed by atoms with Crippen molar-refractivity contribution in [2.45, 2.75) is 20.0 Å². The lowest BCUT2D eigenvalue weighted by Crippen LogP contribution is -2.52. The molecule has 1 aliphatic rings. The van der Waals surface area contributed by atoms with Crippen LogP contribution in [-0.2, 0) is 13.1 Å². The van der Waals surface area contributed by atoms with Crippen molar-refractivity contribution in [1.29, 1.82) is 0 Å². The second-order valence-electron chi connectivity index (χ2n) is 6.94. The molecule has 0 bridgehead atoms. The first kappa shape index (κ1) is 21.8. The molecule has 0 aliphatic carbocycles. The predicted molar refractivity (Wildman–Crippen MR) is 114 cm³/mol. The third kappa shape index (κ3) is 5.35. The Morgan fingerprint density at radius 1 is 1.07 bits per heavy atom. The molecular formula is C21H31N5O4. The van der Waals surface area contributed by atoms with Gasteiger partial charge in [-0.15, -0.1) is 0 Å². The minimum atomic E-state index is 0.477. The van der Waals surface area contributed by atoms with Gasteiger partial charge in [-0.05, 0) is 13.0 Å². The quantitative estimate of drug-likeness (QED) is 0.516. The van der Waals surface area contributed by atoms with Crippen molar-refractivity contribution in [1.82, 2.24) is 20.3 Å². The SMILES string of the molecule is CCNC(=NCc1cc(OC)c(OC)cc1OC)N1CCN(Cc2ccon2)CC1. The molecule has 9 heteroatoms. The molecule has 1 N–H and O–H groups in total. The van der Waals surface area contributed by atoms with Gasteiger partial charge < -0.3 is 29.0 Å². The van der Waals surface area contributed by atoms with Crippen molar-refractivity contribution >= 4 is 5.96 Å². The van der Waals surface area contributed by atoms with Crippen LogP contribution < -0.4 is 19.5 Å². The molecule has 1 aromatic heterocycles. The fourth-order valence-corrected chi connectivity index (χ4v) is 3.47. The largest absolute Gasteiger partial charge is 0.496 e. The number of nitrogens with one attached hydrogen (secondary N) is 1. The molecular weight excluding hydrogens is 386 g/mol. The maximum Gasteiger partial charge on any atom is 0.194 e. The van der Waals surface area contributed by atoms with Crippen LogP contribution >= 0.6 is 0 Å². The molecule has 0 radical (unpaired) electrons. The zero-order valence-corrected chi connectivity index (χ0v) is 18.2. The summed E-state index contributed by atoms with van der Waals surface area (Å²) in [5.41, 5.74) is 1.90. The average Bonchev–Trinajstić information content (AvgIpc) is 3.29.